The first-order valence-electron chi connectivity index (χ1n) is 7.69. The van der Waals surface area contributed by atoms with Gasteiger partial charge in [0.1, 0.15) is 5.54 Å². The molecule has 0 saturated heterocycles. The standard InChI is InChI=1S/C19H24N2O/c1-15(13-14-16-9-5-3-6-10-16)21-18(22)19(2,20)17-11-7-4-8-12-17/h3-12,15H,13-14,20H2,1-2H3,(H,21,22). The first kappa shape index (κ1) is 16.2. The molecule has 2 aromatic carbocycles. The molecule has 0 radical (unpaired) electrons. The van der Waals surface area contributed by atoms with Crippen molar-refractivity contribution < 1.29 is 4.79 Å². The van der Waals surface area contributed by atoms with Crippen LogP contribution in [0.4, 0.5) is 0 Å². The van der Waals surface area contributed by atoms with Crippen LogP contribution in [0, 0.1) is 0 Å². The van der Waals surface area contributed by atoms with Gasteiger partial charge in [-0.3, -0.25) is 4.79 Å². The Hall–Kier alpha value is -2.13. The molecule has 116 valence electrons. The molecule has 0 fully saturated rings. The highest BCUT2D eigenvalue weighted by molar-refractivity contribution is 5.87. The second-order valence-electron chi connectivity index (χ2n) is 5.97. The number of nitrogens with two attached hydrogens (primary N) is 1. The third-order valence-electron chi connectivity index (χ3n) is 3.93. The molecule has 2 atom stereocenters. The Morgan fingerprint density at radius 1 is 1.09 bits per heavy atom. The minimum Gasteiger partial charge on any atom is -0.352 e. The Labute approximate surface area is 132 Å². The number of hydrogen-bond acceptors (Lipinski definition) is 2. The molecule has 22 heavy (non-hydrogen) atoms. The van der Waals surface area contributed by atoms with Crippen LogP contribution in [0.15, 0.2) is 60.7 Å². The molecule has 3 N–H and O–H groups in total. The number of carbonyl (C=O) groups excluding carboxylic acids is 1. The van der Waals surface area contributed by atoms with E-state index in [-0.39, 0.29) is 11.9 Å². The highest BCUT2D eigenvalue weighted by Gasteiger charge is 2.30. The fourth-order valence-corrected chi connectivity index (χ4v) is 2.39. The van der Waals surface area contributed by atoms with Gasteiger partial charge in [0, 0.05) is 6.04 Å². The smallest absolute Gasteiger partial charge is 0.244 e. The third kappa shape index (κ3) is 4.18. The third-order valence-corrected chi connectivity index (χ3v) is 3.93. The van der Waals surface area contributed by atoms with E-state index < -0.39 is 5.54 Å². The number of nitrogens with one attached hydrogen (secondary N) is 1. The lowest BCUT2D eigenvalue weighted by Gasteiger charge is -2.26. The Kier molecular flexibility index (Phi) is 5.34. The molecule has 0 aliphatic heterocycles. The van der Waals surface area contributed by atoms with Crippen molar-refractivity contribution in [3.8, 4) is 0 Å². The van der Waals surface area contributed by atoms with Crippen LogP contribution >= 0.6 is 0 Å². The van der Waals surface area contributed by atoms with Crippen LogP contribution in [-0.2, 0) is 16.8 Å². The Bertz CT molecular complexity index is 593. The molecule has 3 nitrogen and oxygen atoms in total. The molecule has 2 aromatic rings. The molecule has 2 unspecified atom stereocenters. The maximum Gasteiger partial charge on any atom is 0.244 e. The fraction of sp³-hybridized carbons (Fsp3) is 0.316. The SMILES string of the molecule is CC(CCc1ccccc1)NC(=O)C(C)(N)c1ccccc1. The molecule has 2 rings (SSSR count). The summed E-state index contributed by atoms with van der Waals surface area (Å²) in [5.74, 6) is -0.140. The lowest BCUT2D eigenvalue weighted by Crippen LogP contribution is -2.51. The van der Waals surface area contributed by atoms with Gasteiger partial charge in [-0.15, -0.1) is 0 Å². The van der Waals surface area contributed by atoms with Crippen molar-refractivity contribution in [1.82, 2.24) is 5.32 Å². The van der Waals surface area contributed by atoms with Crippen LogP contribution in [0.1, 0.15) is 31.4 Å². The summed E-state index contributed by atoms with van der Waals surface area (Å²) < 4.78 is 0. The molecule has 3 heteroatoms. The van der Waals surface area contributed by atoms with Crippen LogP contribution in [0.2, 0.25) is 0 Å². The van der Waals surface area contributed by atoms with E-state index in [9.17, 15) is 4.79 Å². The molecular weight excluding hydrogens is 272 g/mol. The average molecular weight is 296 g/mol. The van der Waals surface area contributed by atoms with Gasteiger partial charge in [-0.1, -0.05) is 60.7 Å². The molecule has 0 aromatic heterocycles. The molecule has 0 aliphatic carbocycles. The largest absolute Gasteiger partial charge is 0.352 e. The van der Waals surface area contributed by atoms with Crippen molar-refractivity contribution in [3.05, 3.63) is 71.8 Å². The number of carbonyl (C=O) groups is 1. The van der Waals surface area contributed by atoms with E-state index in [1.54, 1.807) is 6.92 Å². The number of rotatable bonds is 6. The summed E-state index contributed by atoms with van der Waals surface area (Å²) in [5, 5.41) is 3.02. The summed E-state index contributed by atoms with van der Waals surface area (Å²) in [6, 6.07) is 19.8. The quantitative estimate of drug-likeness (QED) is 0.861. The number of aryl methyl sites for hydroxylation is 1. The average Bonchev–Trinajstić information content (AvgIpc) is 2.54. The zero-order chi connectivity index (χ0) is 16.0. The van der Waals surface area contributed by atoms with Crippen molar-refractivity contribution >= 4 is 5.91 Å². The van der Waals surface area contributed by atoms with Crippen molar-refractivity contribution in [3.63, 3.8) is 0 Å². The highest BCUT2D eigenvalue weighted by atomic mass is 16.2. The van der Waals surface area contributed by atoms with Gasteiger partial charge in [0.05, 0.1) is 0 Å². The molecule has 0 saturated carbocycles. The summed E-state index contributed by atoms with van der Waals surface area (Å²) >= 11 is 0. The van der Waals surface area contributed by atoms with E-state index in [1.807, 2.05) is 55.5 Å². The second-order valence-corrected chi connectivity index (χ2v) is 5.97. The summed E-state index contributed by atoms with van der Waals surface area (Å²) in [7, 11) is 0. The van der Waals surface area contributed by atoms with E-state index in [0.717, 1.165) is 18.4 Å². The van der Waals surface area contributed by atoms with Gasteiger partial charge in [-0.2, -0.15) is 0 Å². The van der Waals surface area contributed by atoms with Crippen molar-refractivity contribution in [2.24, 2.45) is 5.73 Å². The lowest BCUT2D eigenvalue weighted by atomic mass is 9.92. The highest BCUT2D eigenvalue weighted by Crippen LogP contribution is 2.18. The molecule has 0 aliphatic rings. The van der Waals surface area contributed by atoms with E-state index in [2.05, 4.69) is 17.4 Å². The van der Waals surface area contributed by atoms with Crippen LogP contribution < -0.4 is 11.1 Å². The number of benzene rings is 2. The van der Waals surface area contributed by atoms with Gasteiger partial charge < -0.3 is 11.1 Å². The van der Waals surface area contributed by atoms with Gasteiger partial charge >= 0.3 is 0 Å². The van der Waals surface area contributed by atoms with Crippen molar-refractivity contribution in [2.45, 2.75) is 38.3 Å². The van der Waals surface area contributed by atoms with Gasteiger partial charge in [-0.05, 0) is 37.8 Å². The summed E-state index contributed by atoms with van der Waals surface area (Å²) in [4.78, 5) is 12.5. The first-order valence-corrected chi connectivity index (χ1v) is 7.69. The van der Waals surface area contributed by atoms with Gasteiger partial charge in [0.15, 0.2) is 0 Å². The fourth-order valence-electron chi connectivity index (χ4n) is 2.39. The first-order chi connectivity index (χ1) is 10.5. The number of amides is 1. The van der Waals surface area contributed by atoms with Crippen LogP contribution in [0.5, 0.6) is 0 Å². The minimum atomic E-state index is -1.01. The van der Waals surface area contributed by atoms with Crippen LogP contribution in [-0.4, -0.2) is 11.9 Å². The van der Waals surface area contributed by atoms with Crippen molar-refractivity contribution in [2.75, 3.05) is 0 Å². The van der Waals surface area contributed by atoms with Crippen LogP contribution in [0.25, 0.3) is 0 Å². The Balaban J connectivity index is 1.91. The predicted molar refractivity (Wildman–Crippen MR) is 90.3 cm³/mol. The van der Waals surface area contributed by atoms with Crippen LogP contribution in [0.3, 0.4) is 0 Å². The molecule has 1 amide bonds. The zero-order valence-electron chi connectivity index (χ0n) is 13.3. The van der Waals surface area contributed by atoms with E-state index >= 15 is 0 Å². The predicted octanol–water partition coefficient (Wildman–Crippen LogP) is 3.00. The molecule has 0 bridgehead atoms. The summed E-state index contributed by atoms with van der Waals surface area (Å²) in [5.41, 5.74) is 7.32. The number of hydrogen-bond donors (Lipinski definition) is 2. The normalized spacial score (nSPS) is 14.9. The van der Waals surface area contributed by atoms with Gasteiger partial charge in [0.2, 0.25) is 5.91 Å². The monoisotopic (exact) mass is 296 g/mol. The topological polar surface area (TPSA) is 55.1 Å². The van der Waals surface area contributed by atoms with Crippen molar-refractivity contribution in [1.29, 1.82) is 0 Å². The Morgan fingerprint density at radius 2 is 1.64 bits per heavy atom. The lowest BCUT2D eigenvalue weighted by molar-refractivity contribution is -0.126. The maximum absolute atomic E-state index is 12.5. The maximum atomic E-state index is 12.5. The van der Waals surface area contributed by atoms with E-state index in [0.29, 0.717) is 0 Å². The van der Waals surface area contributed by atoms with Gasteiger partial charge in [0.25, 0.3) is 0 Å². The summed E-state index contributed by atoms with van der Waals surface area (Å²) in [6.45, 7) is 3.77. The zero-order valence-corrected chi connectivity index (χ0v) is 13.3. The van der Waals surface area contributed by atoms with E-state index in [1.165, 1.54) is 5.56 Å². The molecular formula is C19H24N2O. The van der Waals surface area contributed by atoms with Gasteiger partial charge in [-0.25, -0.2) is 0 Å². The molecule has 0 heterocycles. The molecule has 0 spiro atoms. The Morgan fingerprint density at radius 3 is 2.23 bits per heavy atom. The summed E-state index contributed by atoms with van der Waals surface area (Å²) in [6.07, 6.45) is 1.83. The minimum absolute atomic E-state index is 0.0827. The second kappa shape index (κ2) is 7.23. The van der Waals surface area contributed by atoms with E-state index in [4.69, 9.17) is 5.73 Å².